The largest absolute Gasteiger partial charge is 0.459 e. The number of rotatable bonds is 30. The topological polar surface area (TPSA) is 158 Å². The van der Waals surface area contributed by atoms with Gasteiger partial charge in [-0.2, -0.15) is 0 Å². The number of aliphatic hydroxyl groups is 2. The van der Waals surface area contributed by atoms with Crippen LogP contribution in [0.25, 0.3) is 0 Å². The molecule has 70 heavy (non-hydrogen) atoms. The summed E-state index contributed by atoms with van der Waals surface area (Å²) in [4.78, 5) is 36.3. The summed E-state index contributed by atoms with van der Waals surface area (Å²) in [6, 6.07) is 10.8. The van der Waals surface area contributed by atoms with Gasteiger partial charge in [0.15, 0.2) is 11.5 Å². The number of allylic oxidation sites excluding steroid dienone is 1. The van der Waals surface area contributed by atoms with Crippen LogP contribution in [0.2, 0.25) is 0 Å². The molecule has 5 aliphatic rings. The zero-order valence-electron chi connectivity index (χ0n) is 42.4. The van der Waals surface area contributed by atoms with E-state index in [-0.39, 0.29) is 56.8 Å². The molecular formula is C57H83N3O10. The van der Waals surface area contributed by atoms with E-state index in [1.165, 1.54) is 57.8 Å². The number of nitrogens with one attached hydrogen (secondary N) is 1. The summed E-state index contributed by atoms with van der Waals surface area (Å²) in [7, 11) is 1.56. The van der Waals surface area contributed by atoms with Crippen LogP contribution >= 0.6 is 0 Å². The Morgan fingerprint density at radius 2 is 1.59 bits per heavy atom. The molecule has 6 atom stereocenters. The number of carbonyl (C=O) groups is 2. The highest BCUT2D eigenvalue weighted by Gasteiger charge is 2.65. The SMILES string of the molecule is C=CCO[C@@]12Oc3ccc(OC(=O)NCCCCCCCCCCCC)cc3[C@H]3[C@H](CCCCO)[C@@H](CCCCO)C=C(C(=NOC)C[C@@H]1N(Cc1ccc4c(c1)OCO4)C(=O)CCC1CCCC1)[C@H]32. The number of fused-ring (bicyclic) bond motifs is 3. The predicted molar refractivity (Wildman–Crippen MR) is 272 cm³/mol. The Bertz CT molecular complexity index is 2050. The van der Waals surface area contributed by atoms with Gasteiger partial charge in [0.1, 0.15) is 24.7 Å². The van der Waals surface area contributed by atoms with Crippen LogP contribution in [0.5, 0.6) is 23.0 Å². The average Bonchev–Trinajstić information content (AvgIpc) is 4.08. The molecule has 2 aromatic carbocycles. The fourth-order valence-electron chi connectivity index (χ4n) is 12.1. The lowest BCUT2D eigenvalue weighted by Crippen LogP contribution is -2.70. The smallest absolute Gasteiger partial charge is 0.412 e. The summed E-state index contributed by atoms with van der Waals surface area (Å²) in [5, 5.41) is 27.8. The molecule has 13 nitrogen and oxygen atoms in total. The minimum Gasteiger partial charge on any atom is -0.459 e. The van der Waals surface area contributed by atoms with E-state index in [4.69, 9.17) is 33.7 Å². The summed E-state index contributed by atoms with van der Waals surface area (Å²) < 4.78 is 32.2. The van der Waals surface area contributed by atoms with Crippen LogP contribution in [-0.4, -0.2) is 84.9 Å². The minimum absolute atomic E-state index is 0.0102. The van der Waals surface area contributed by atoms with Crippen LogP contribution < -0.4 is 24.3 Å². The highest BCUT2D eigenvalue weighted by atomic mass is 16.7. The number of carbonyl (C=O) groups excluding carboxylic acids is 2. The Hall–Kier alpha value is -4.59. The van der Waals surface area contributed by atoms with Crippen molar-refractivity contribution >= 4 is 17.7 Å². The molecule has 2 amide bonds. The number of benzene rings is 2. The van der Waals surface area contributed by atoms with E-state index in [1.807, 2.05) is 35.2 Å². The molecule has 2 aromatic rings. The second-order valence-electron chi connectivity index (χ2n) is 20.4. The van der Waals surface area contributed by atoms with Gasteiger partial charge in [0.25, 0.3) is 0 Å². The summed E-state index contributed by atoms with van der Waals surface area (Å²) in [6.07, 6.45) is 26.4. The lowest BCUT2D eigenvalue weighted by atomic mass is 9.55. The van der Waals surface area contributed by atoms with E-state index in [0.29, 0.717) is 61.1 Å². The Labute approximate surface area is 417 Å². The molecule has 2 aliphatic heterocycles. The monoisotopic (exact) mass is 970 g/mol. The van der Waals surface area contributed by atoms with E-state index in [0.717, 1.165) is 86.6 Å². The molecule has 386 valence electrons. The highest BCUT2D eigenvalue weighted by Crippen LogP contribution is 2.62. The minimum atomic E-state index is -1.41. The molecule has 0 aromatic heterocycles. The molecule has 3 N–H and O–H groups in total. The van der Waals surface area contributed by atoms with Gasteiger partial charge in [-0.05, 0) is 97.7 Å². The van der Waals surface area contributed by atoms with Crippen molar-refractivity contribution in [1.82, 2.24) is 10.2 Å². The number of aliphatic hydroxyl groups excluding tert-OH is 2. The maximum absolute atomic E-state index is 15.2. The van der Waals surface area contributed by atoms with Crippen molar-refractivity contribution in [3.8, 4) is 23.0 Å². The Morgan fingerprint density at radius 1 is 0.871 bits per heavy atom. The van der Waals surface area contributed by atoms with E-state index < -0.39 is 23.8 Å². The van der Waals surface area contributed by atoms with Crippen molar-refractivity contribution in [3.05, 3.63) is 71.8 Å². The number of unbranched alkanes of at least 4 members (excludes halogenated alkanes) is 11. The number of ether oxygens (including phenoxy) is 5. The van der Waals surface area contributed by atoms with E-state index in [9.17, 15) is 15.0 Å². The van der Waals surface area contributed by atoms with E-state index >= 15 is 4.79 Å². The van der Waals surface area contributed by atoms with Crippen LogP contribution in [0.4, 0.5) is 4.79 Å². The van der Waals surface area contributed by atoms with Gasteiger partial charge in [0, 0.05) is 50.6 Å². The molecular weight excluding hydrogens is 887 g/mol. The summed E-state index contributed by atoms with van der Waals surface area (Å²) >= 11 is 0. The lowest BCUT2D eigenvalue weighted by Gasteiger charge is -2.60. The van der Waals surface area contributed by atoms with Crippen molar-refractivity contribution in [2.24, 2.45) is 28.8 Å². The Kier molecular flexibility index (Phi) is 20.7. The van der Waals surface area contributed by atoms with Gasteiger partial charge < -0.3 is 49.0 Å². The van der Waals surface area contributed by atoms with Crippen LogP contribution in [-0.2, 0) is 20.9 Å². The van der Waals surface area contributed by atoms with E-state index in [2.05, 4.69) is 24.9 Å². The number of hydrogen-bond donors (Lipinski definition) is 3. The zero-order chi connectivity index (χ0) is 49.1. The zero-order valence-corrected chi connectivity index (χ0v) is 42.4. The van der Waals surface area contributed by atoms with Crippen LogP contribution in [0.3, 0.4) is 0 Å². The standard InChI is InChI=1S/C57H83N3O10/c1-4-6-7-8-9-10-11-12-13-18-31-58-56(64)69-44-27-29-49-47(37-44)54-45(24-17-20-33-62)43(23-16-19-32-61)36-46-48(59-65-3)38-52(57(70-49,55(46)54)68-34-5-2)60(53(63)30-26-41-21-14-15-22-41)39-42-25-28-50-51(35-42)67-40-66-50/h5,25,27-29,35-37,41,43,45,52,54-55,61-62H,2,4,6-24,26,30-34,38-40H2,1,3H3,(H,58,64)/t43-,45+,52-,54+,55+,57+/m0/s1. The predicted octanol–water partition coefficient (Wildman–Crippen LogP) is 11.7. The third-order valence-electron chi connectivity index (χ3n) is 15.6. The maximum Gasteiger partial charge on any atom is 0.412 e. The first kappa shape index (κ1) is 53.2. The molecule has 7 rings (SSSR count). The van der Waals surface area contributed by atoms with Gasteiger partial charge in [0.05, 0.1) is 18.2 Å². The van der Waals surface area contributed by atoms with Crippen LogP contribution in [0.1, 0.15) is 172 Å². The normalized spacial score (nSPS) is 23.8. The van der Waals surface area contributed by atoms with Gasteiger partial charge in [-0.15, -0.1) is 6.58 Å². The molecule has 13 heteroatoms. The first-order valence-corrected chi connectivity index (χ1v) is 27.1. The molecule has 2 saturated carbocycles. The summed E-state index contributed by atoms with van der Waals surface area (Å²) in [5.74, 6) is 0.783. The summed E-state index contributed by atoms with van der Waals surface area (Å²) in [6.45, 7) is 7.63. The molecule has 0 spiro atoms. The number of amides is 2. The maximum atomic E-state index is 15.2. The quantitative estimate of drug-likeness (QED) is 0.0391. The van der Waals surface area contributed by atoms with Crippen molar-refractivity contribution in [3.63, 3.8) is 0 Å². The second-order valence-corrected chi connectivity index (χ2v) is 20.4. The first-order valence-electron chi connectivity index (χ1n) is 27.1. The number of oxime groups is 1. The van der Waals surface area contributed by atoms with E-state index in [1.54, 1.807) is 19.3 Å². The molecule has 0 unspecified atom stereocenters. The molecule has 0 bridgehead atoms. The Balaban J connectivity index is 1.25. The Morgan fingerprint density at radius 3 is 2.31 bits per heavy atom. The van der Waals surface area contributed by atoms with Gasteiger partial charge in [-0.3, -0.25) is 4.79 Å². The molecule has 3 aliphatic carbocycles. The van der Waals surface area contributed by atoms with Crippen molar-refractivity contribution in [2.75, 3.05) is 40.3 Å². The van der Waals surface area contributed by atoms with Gasteiger partial charge in [0.2, 0.25) is 18.5 Å². The number of hydrogen-bond acceptors (Lipinski definition) is 11. The first-order chi connectivity index (χ1) is 34.3. The van der Waals surface area contributed by atoms with Gasteiger partial charge in [-0.1, -0.05) is 127 Å². The van der Waals surface area contributed by atoms with Crippen molar-refractivity contribution < 1.29 is 48.3 Å². The van der Waals surface area contributed by atoms with Crippen molar-refractivity contribution in [2.45, 2.75) is 179 Å². The van der Waals surface area contributed by atoms with Crippen LogP contribution in [0.15, 0.2) is 65.9 Å². The highest BCUT2D eigenvalue weighted by molar-refractivity contribution is 6.03. The van der Waals surface area contributed by atoms with Crippen LogP contribution in [0, 0.1) is 23.7 Å². The molecule has 2 heterocycles. The molecule has 0 radical (unpaired) electrons. The molecule has 0 saturated heterocycles. The van der Waals surface area contributed by atoms with Gasteiger partial charge in [-0.25, -0.2) is 4.79 Å². The fraction of sp³-hybridized carbons (Fsp3) is 0.667. The average molecular weight is 970 g/mol. The molecule has 2 fully saturated rings. The lowest BCUT2D eigenvalue weighted by molar-refractivity contribution is -0.258. The second kappa shape index (κ2) is 27.3. The van der Waals surface area contributed by atoms with Gasteiger partial charge >= 0.3 is 6.09 Å². The fourth-order valence-corrected chi connectivity index (χ4v) is 12.1. The third-order valence-corrected chi connectivity index (χ3v) is 15.6. The third kappa shape index (κ3) is 13.5. The van der Waals surface area contributed by atoms with Crippen molar-refractivity contribution in [1.29, 1.82) is 0 Å². The summed E-state index contributed by atoms with van der Waals surface area (Å²) in [5.41, 5.74) is 3.46. The number of nitrogens with zero attached hydrogens (tertiary/aromatic N) is 2.